The molecule has 18 heavy (non-hydrogen) atoms. The molecule has 0 fully saturated rings. The van der Waals surface area contributed by atoms with Gasteiger partial charge >= 0.3 is 0 Å². The number of rotatable bonds is 4. The predicted octanol–water partition coefficient (Wildman–Crippen LogP) is 3.21. The number of halogens is 1. The first kappa shape index (κ1) is 12.8. The van der Waals surface area contributed by atoms with Crippen LogP contribution in [0.5, 0.6) is 11.8 Å². The van der Waals surface area contributed by atoms with E-state index in [2.05, 4.69) is 27.1 Å². The molecule has 0 saturated carbocycles. The predicted molar refractivity (Wildman–Crippen MR) is 69.2 cm³/mol. The third-order valence-electron chi connectivity index (χ3n) is 2.45. The van der Waals surface area contributed by atoms with Gasteiger partial charge in [0.05, 0.1) is 0 Å². The van der Waals surface area contributed by atoms with Gasteiger partial charge in [0, 0.05) is 23.7 Å². The van der Waals surface area contributed by atoms with Crippen LogP contribution in [-0.2, 0) is 6.42 Å². The van der Waals surface area contributed by atoms with E-state index < -0.39 is 0 Å². The Labute approximate surface area is 111 Å². The standard InChI is InChI=1S/C12H15ClN4O/c1-4-5-9-14-11(13)8(3)12(15-9)18-10-6-7(2)16-17-10/h6H,4-5H2,1-3H3,(H,16,17). The number of hydrogen-bond acceptors (Lipinski definition) is 4. The number of ether oxygens (including phenoxy) is 1. The topological polar surface area (TPSA) is 63.7 Å². The van der Waals surface area contributed by atoms with Crippen LogP contribution in [0.3, 0.4) is 0 Å². The lowest BCUT2D eigenvalue weighted by atomic mass is 10.3. The molecule has 0 saturated heterocycles. The lowest BCUT2D eigenvalue weighted by molar-refractivity contribution is 0.435. The minimum Gasteiger partial charge on any atom is -0.419 e. The zero-order valence-electron chi connectivity index (χ0n) is 10.6. The van der Waals surface area contributed by atoms with Crippen LogP contribution in [0.1, 0.15) is 30.4 Å². The van der Waals surface area contributed by atoms with Gasteiger partial charge in [0.1, 0.15) is 11.0 Å². The summed E-state index contributed by atoms with van der Waals surface area (Å²) in [6, 6.07) is 1.80. The largest absolute Gasteiger partial charge is 0.419 e. The Balaban J connectivity index is 2.31. The van der Waals surface area contributed by atoms with Gasteiger partial charge in [-0.15, -0.1) is 5.10 Å². The molecule has 2 heterocycles. The van der Waals surface area contributed by atoms with E-state index in [4.69, 9.17) is 16.3 Å². The fraction of sp³-hybridized carbons (Fsp3) is 0.417. The van der Waals surface area contributed by atoms with Crippen molar-refractivity contribution >= 4 is 11.6 Å². The summed E-state index contributed by atoms with van der Waals surface area (Å²) in [5.74, 6) is 1.63. The van der Waals surface area contributed by atoms with Crippen LogP contribution in [0.4, 0.5) is 0 Å². The SMILES string of the molecule is CCCc1nc(Cl)c(C)c(Oc2cc(C)[nH]n2)n1. The monoisotopic (exact) mass is 266 g/mol. The van der Waals surface area contributed by atoms with Crippen molar-refractivity contribution in [3.8, 4) is 11.8 Å². The first-order valence-electron chi connectivity index (χ1n) is 5.83. The van der Waals surface area contributed by atoms with Gasteiger partial charge in [0.25, 0.3) is 0 Å². The van der Waals surface area contributed by atoms with E-state index in [1.54, 1.807) is 6.07 Å². The van der Waals surface area contributed by atoms with Gasteiger partial charge in [0.15, 0.2) is 0 Å². The van der Waals surface area contributed by atoms with Gasteiger partial charge < -0.3 is 4.74 Å². The van der Waals surface area contributed by atoms with Gasteiger partial charge in [-0.05, 0) is 20.3 Å². The summed E-state index contributed by atoms with van der Waals surface area (Å²) in [5.41, 5.74) is 1.65. The van der Waals surface area contributed by atoms with Crippen molar-refractivity contribution in [1.82, 2.24) is 20.2 Å². The van der Waals surface area contributed by atoms with E-state index in [9.17, 15) is 0 Å². The van der Waals surface area contributed by atoms with Crippen LogP contribution in [0.2, 0.25) is 5.15 Å². The first-order valence-corrected chi connectivity index (χ1v) is 6.20. The number of aromatic amines is 1. The molecule has 5 nitrogen and oxygen atoms in total. The molecule has 0 aliphatic rings. The number of H-pyrrole nitrogens is 1. The van der Waals surface area contributed by atoms with Crippen LogP contribution in [0, 0.1) is 13.8 Å². The highest BCUT2D eigenvalue weighted by Crippen LogP contribution is 2.26. The van der Waals surface area contributed by atoms with Gasteiger partial charge in [-0.2, -0.15) is 4.98 Å². The van der Waals surface area contributed by atoms with Gasteiger partial charge in [-0.3, -0.25) is 5.10 Å². The smallest absolute Gasteiger partial charge is 0.240 e. The van der Waals surface area contributed by atoms with Crippen molar-refractivity contribution in [2.75, 3.05) is 0 Å². The molecule has 0 amide bonds. The normalized spacial score (nSPS) is 10.7. The molecule has 0 aliphatic heterocycles. The second kappa shape index (κ2) is 5.35. The molecule has 1 N–H and O–H groups in total. The summed E-state index contributed by atoms with van der Waals surface area (Å²) in [6.07, 6.45) is 1.73. The number of nitrogens with one attached hydrogen (secondary N) is 1. The first-order chi connectivity index (χ1) is 8.60. The Bertz CT molecular complexity index is 553. The molecule has 0 atom stereocenters. The highest BCUT2D eigenvalue weighted by molar-refractivity contribution is 6.30. The summed E-state index contributed by atoms with van der Waals surface area (Å²) in [5, 5.41) is 7.24. The molecule has 6 heteroatoms. The van der Waals surface area contributed by atoms with Crippen LogP contribution in [0.15, 0.2) is 6.07 Å². The van der Waals surface area contributed by atoms with Crippen LogP contribution in [-0.4, -0.2) is 20.2 Å². The van der Waals surface area contributed by atoms with Crippen LogP contribution >= 0.6 is 11.6 Å². The van der Waals surface area contributed by atoms with Crippen molar-refractivity contribution < 1.29 is 4.74 Å². The van der Waals surface area contributed by atoms with E-state index in [1.807, 2.05) is 13.8 Å². The molecule has 0 spiro atoms. The second-order valence-electron chi connectivity index (χ2n) is 4.10. The van der Waals surface area contributed by atoms with Crippen molar-refractivity contribution in [2.24, 2.45) is 0 Å². The maximum Gasteiger partial charge on any atom is 0.240 e. The van der Waals surface area contributed by atoms with Crippen molar-refractivity contribution in [1.29, 1.82) is 0 Å². The minimum absolute atomic E-state index is 0.427. The number of aryl methyl sites for hydroxylation is 2. The Morgan fingerprint density at radius 1 is 1.33 bits per heavy atom. The molecular weight excluding hydrogens is 252 g/mol. The number of aromatic nitrogens is 4. The maximum atomic E-state index is 6.07. The van der Waals surface area contributed by atoms with E-state index in [0.29, 0.717) is 22.7 Å². The average Bonchev–Trinajstić information content (AvgIpc) is 2.71. The average molecular weight is 267 g/mol. The molecule has 0 radical (unpaired) electrons. The second-order valence-corrected chi connectivity index (χ2v) is 4.46. The fourth-order valence-electron chi connectivity index (χ4n) is 1.49. The van der Waals surface area contributed by atoms with Crippen LogP contribution in [0.25, 0.3) is 0 Å². The molecule has 0 bridgehead atoms. The molecule has 96 valence electrons. The Morgan fingerprint density at radius 2 is 2.11 bits per heavy atom. The van der Waals surface area contributed by atoms with Crippen LogP contribution < -0.4 is 4.74 Å². The van der Waals surface area contributed by atoms with Crippen molar-refractivity contribution in [3.05, 3.63) is 28.3 Å². The summed E-state index contributed by atoms with van der Waals surface area (Å²) in [6.45, 7) is 5.80. The van der Waals surface area contributed by atoms with Gasteiger partial charge in [-0.1, -0.05) is 18.5 Å². The molecule has 0 aliphatic carbocycles. The number of nitrogens with zero attached hydrogens (tertiary/aromatic N) is 3. The van der Waals surface area contributed by atoms with Gasteiger partial charge in [-0.25, -0.2) is 4.98 Å². The lowest BCUT2D eigenvalue weighted by Gasteiger charge is -2.08. The maximum absolute atomic E-state index is 6.07. The molecule has 0 unspecified atom stereocenters. The Kier molecular flexibility index (Phi) is 3.81. The molecule has 2 rings (SSSR count). The lowest BCUT2D eigenvalue weighted by Crippen LogP contribution is -2.01. The fourth-order valence-corrected chi connectivity index (χ4v) is 1.67. The van der Waals surface area contributed by atoms with Crippen molar-refractivity contribution in [3.63, 3.8) is 0 Å². The molecule has 2 aromatic rings. The summed E-state index contributed by atoms with van der Waals surface area (Å²) < 4.78 is 5.62. The molecule has 0 aromatic carbocycles. The van der Waals surface area contributed by atoms with E-state index in [0.717, 1.165) is 24.1 Å². The summed E-state index contributed by atoms with van der Waals surface area (Å²) in [4.78, 5) is 8.57. The minimum atomic E-state index is 0.427. The highest BCUT2D eigenvalue weighted by Gasteiger charge is 2.12. The van der Waals surface area contributed by atoms with E-state index >= 15 is 0 Å². The summed E-state index contributed by atoms with van der Waals surface area (Å²) >= 11 is 6.07. The van der Waals surface area contributed by atoms with Crippen molar-refractivity contribution in [2.45, 2.75) is 33.6 Å². The highest BCUT2D eigenvalue weighted by atomic mass is 35.5. The van der Waals surface area contributed by atoms with E-state index in [1.165, 1.54) is 0 Å². The third kappa shape index (κ3) is 2.79. The Morgan fingerprint density at radius 3 is 2.72 bits per heavy atom. The zero-order valence-corrected chi connectivity index (χ0v) is 11.4. The quantitative estimate of drug-likeness (QED) is 0.863. The Hall–Kier alpha value is -1.62. The summed E-state index contributed by atoms with van der Waals surface area (Å²) in [7, 11) is 0. The number of hydrogen-bond donors (Lipinski definition) is 1. The third-order valence-corrected chi connectivity index (χ3v) is 2.81. The molecular formula is C12H15ClN4O. The molecule has 2 aromatic heterocycles. The zero-order chi connectivity index (χ0) is 13.1. The van der Waals surface area contributed by atoms with Gasteiger partial charge in [0.2, 0.25) is 11.8 Å². The van der Waals surface area contributed by atoms with E-state index in [-0.39, 0.29) is 0 Å².